The molecular weight excluding hydrogens is 340 g/mol. The normalized spacial score (nSPS) is 10.1. The topological polar surface area (TPSA) is 67.4 Å². The molecular formula is C22H20N2O3. The third kappa shape index (κ3) is 5.44. The summed E-state index contributed by atoms with van der Waals surface area (Å²) >= 11 is 0. The minimum absolute atomic E-state index is 0.131. The highest BCUT2D eigenvalue weighted by Crippen LogP contribution is 2.21. The first-order valence-electron chi connectivity index (χ1n) is 8.58. The van der Waals surface area contributed by atoms with E-state index in [1.807, 2.05) is 48.5 Å². The van der Waals surface area contributed by atoms with Crippen molar-refractivity contribution in [1.82, 2.24) is 5.32 Å². The first-order valence-corrected chi connectivity index (χ1v) is 8.58. The van der Waals surface area contributed by atoms with Gasteiger partial charge in [-0.25, -0.2) is 0 Å². The van der Waals surface area contributed by atoms with Gasteiger partial charge in [0.2, 0.25) is 5.91 Å². The molecule has 0 aliphatic rings. The van der Waals surface area contributed by atoms with E-state index in [0.717, 1.165) is 11.3 Å². The molecule has 0 aromatic heterocycles. The first-order chi connectivity index (χ1) is 13.1. The highest BCUT2D eigenvalue weighted by molar-refractivity contribution is 5.94. The van der Waals surface area contributed by atoms with Gasteiger partial charge in [-0.15, -0.1) is 0 Å². The van der Waals surface area contributed by atoms with Crippen molar-refractivity contribution in [3.63, 3.8) is 0 Å². The Morgan fingerprint density at radius 1 is 0.852 bits per heavy atom. The third-order valence-electron chi connectivity index (χ3n) is 3.80. The Hall–Kier alpha value is -3.60. The fourth-order valence-corrected chi connectivity index (χ4v) is 2.55. The van der Waals surface area contributed by atoms with Gasteiger partial charge < -0.3 is 15.4 Å². The van der Waals surface area contributed by atoms with Crippen molar-refractivity contribution in [2.45, 2.75) is 13.5 Å². The zero-order chi connectivity index (χ0) is 19.1. The summed E-state index contributed by atoms with van der Waals surface area (Å²) in [6.45, 7) is 1.83. The summed E-state index contributed by atoms with van der Waals surface area (Å²) in [6, 6.07) is 23.8. The lowest BCUT2D eigenvalue weighted by Crippen LogP contribution is -2.22. The van der Waals surface area contributed by atoms with Crippen molar-refractivity contribution in [3.05, 3.63) is 90.0 Å². The fraction of sp³-hybridized carbons (Fsp3) is 0.0909. The number of amides is 2. The van der Waals surface area contributed by atoms with Crippen molar-refractivity contribution >= 4 is 17.5 Å². The number of carbonyl (C=O) groups is 2. The van der Waals surface area contributed by atoms with Gasteiger partial charge in [0.25, 0.3) is 5.91 Å². The van der Waals surface area contributed by atoms with Crippen LogP contribution in [0, 0.1) is 0 Å². The lowest BCUT2D eigenvalue weighted by atomic mass is 10.1. The van der Waals surface area contributed by atoms with E-state index in [2.05, 4.69) is 10.6 Å². The van der Waals surface area contributed by atoms with E-state index in [-0.39, 0.29) is 11.8 Å². The SMILES string of the molecule is CC(=O)Nc1cccc(CNC(=O)c2ccc(Oc3ccccc3)cc2)c1. The van der Waals surface area contributed by atoms with Crippen LogP contribution in [-0.2, 0) is 11.3 Å². The number of rotatable bonds is 6. The molecule has 0 fully saturated rings. The van der Waals surface area contributed by atoms with Crippen LogP contribution in [0.2, 0.25) is 0 Å². The van der Waals surface area contributed by atoms with Gasteiger partial charge in [0.1, 0.15) is 11.5 Å². The Kier molecular flexibility index (Phi) is 5.84. The van der Waals surface area contributed by atoms with Crippen molar-refractivity contribution in [1.29, 1.82) is 0 Å². The molecule has 0 unspecified atom stereocenters. The average Bonchev–Trinajstić information content (AvgIpc) is 2.67. The summed E-state index contributed by atoms with van der Waals surface area (Å²) in [5.41, 5.74) is 2.16. The molecule has 0 atom stereocenters. The molecule has 0 saturated carbocycles. The lowest BCUT2D eigenvalue weighted by Gasteiger charge is -2.09. The number of para-hydroxylation sites is 1. The van der Waals surface area contributed by atoms with Crippen LogP contribution in [0.15, 0.2) is 78.9 Å². The Balaban J connectivity index is 1.57. The zero-order valence-electron chi connectivity index (χ0n) is 14.9. The summed E-state index contributed by atoms with van der Waals surface area (Å²) in [5, 5.41) is 5.60. The van der Waals surface area contributed by atoms with Gasteiger partial charge in [0, 0.05) is 24.7 Å². The molecule has 5 nitrogen and oxygen atoms in total. The standard InChI is InChI=1S/C22H20N2O3/c1-16(25)24-19-7-5-6-17(14-19)15-23-22(26)18-10-12-21(13-11-18)27-20-8-3-2-4-9-20/h2-14H,15H2,1H3,(H,23,26)(H,24,25). The predicted octanol–water partition coefficient (Wildman–Crippen LogP) is 4.37. The van der Waals surface area contributed by atoms with E-state index in [9.17, 15) is 9.59 Å². The minimum atomic E-state index is -0.175. The molecule has 0 aliphatic carbocycles. The van der Waals surface area contributed by atoms with Crippen LogP contribution in [0.1, 0.15) is 22.8 Å². The van der Waals surface area contributed by atoms with Gasteiger partial charge in [0.15, 0.2) is 0 Å². The summed E-state index contributed by atoms with van der Waals surface area (Å²) < 4.78 is 5.72. The summed E-state index contributed by atoms with van der Waals surface area (Å²) in [6.07, 6.45) is 0. The Morgan fingerprint density at radius 3 is 2.26 bits per heavy atom. The monoisotopic (exact) mass is 360 g/mol. The van der Waals surface area contributed by atoms with Gasteiger partial charge in [-0.05, 0) is 54.1 Å². The zero-order valence-corrected chi connectivity index (χ0v) is 14.9. The van der Waals surface area contributed by atoms with Crippen LogP contribution < -0.4 is 15.4 Å². The number of nitrogens with one attached hydrogen (secondary N) is 2. The van der Waals surface area contributed by atoms with E-state index in [0.29, 0.717) is 23.5 Å². The second kappa shape index (κ2) is 8.67. The van der Waals surface area contributed by atoms with Crippen LogP contribution in [0.5, 0.6) is 11.5 Å². The molecule has 2 N–H and O–H groups in total. The largest absolute Gasteiger partial charge is 0.457 e. The van der Waals surface area contributed by atoms with Gasteiger partial charge in [-0.2, -0.15) is 0 Å². The van der Waals surface area contributed by atoms with Gasteiger partial charge in [-0.1, -0.05) is 30.3 Å². The van der Waals surface area contributed by atoms with Gasteiger partial charge >= 0.3 is 0 Å². The Morgan fingerprint density at radius 2 is 1.56 bits per heavy atom. The molecule has 3 aromatic rings. The molecule has 2 amide bonds. The van der Waals surface area contributed by atoms with Crippen molar-refractivity contribution in [2.24, 2.45) is 0 Å². The van der Waals surface area contributed by atoms with Crippen LogP contribution in [0.25, 0.3) is 0 Å². The molecule has 0 spiro atoms. The van der Waals surface area contributed by atoms with Crippen molar-refractivity contribution < 1.29 is 14.3 Å². The van der Waals surface area contributed by atoms with Crippen LogP contribution in [-0.4, -0.2) is 11.8 Å². The molecule has 0 bridgehead atoms. The predicted molar refractivity (Wildman–Crippen MR) is 105 cm³/mol. The summed E-state index contributed by atoms with van der Waals surface area (Å²) in [7, 11) is 0. The third-order valence-corrected chi connectivity index (χ3v) is 3.80. The molecule has 0 radical (unpaired) electrons. The molecule has 0 aliphatic heterocycles. The Bertz CT molecular complexity index is 922. The number of carbonyl (C=O) groups excluding carboxylic acids is 2. The van der Waals surface area contributed by atoms with Crippen molar-refractivity contribution in [2.75, 3.05) is 5.32 Å². The molecule has 0 saturated heterocycles. The number of benzene rings is 3. The maximum Gasteiger partial charge on any atom is 0.251 e. The van der Waals surface area contributed by atoms with Crippen LogP contribution >= 0.6 is 0 Å². The number of hydrogen-bond acceptors (Lipinski definition) is 3. The number of ether oxygens (including phenoxy) is 1. The molecule has 3 aromatic carbocycles. The summed E-state index contributed by atoms with van der Waals surface area (Å²) in [5.74, 6) is 1.11. The Labute approximate surface area is 158 Å². The second-order valence-corrected chi connectivity index (χ2v) is 6.00. The molecule has 0 heterocycles. The fourth-order valence-electron chi connectivity index (χ4n) is 2.55. The van der Waals surface area contributed by atoms with Crippen LogP contribution in [0.3, 0.4) is 0 Å². The van der Waals surface area contributed by atoms with E-state index in [4.69, 9.17) is 4.74 Å². The number of anilines is 1. The van der Waals surface area contributed by atoms with Crippen LogP contribution in [0.4, 0.5) is 5.69 Å². The smallest absolute Gasteiger partial charge is 0.251 e. The lowest BCUT2D eigenvalue weighted by molar-refractivity contribution is -0.114. The highest BCUT2D eigenvalue weighted by Gasteiger charge is 2.06. The molecule has 3 rings (SSSR count). The second-order valence-electron chi connectivity index (χ2n) is 6.00. The maximum absolute atomic E-state index is 12.3. The molecule has 5 heteroatoms. The van der Waals surface area contributed by atoms with E-state index in [1.165, 1.54) is 6.92 Å². The average molecular weight is 360 g/mol. The van der Waals surface area contributed by atoms with E-state index in [1.54, 1.807) is 30.3 Å². The van der Waals surface area contributed by atoms with Gasteiger partial charge in [-0.3, -0.25) is 9.59 Å². The maximum atomic E-state index is 12.3. The van der Waals surface area contributed by atoms with Crippen molar-refractivity contribution in [3.8, 4) is 11.5 Å². The molecule has 27 heavy (non-hydrogen) atoms. The quantitative estimate of drug-likeness (QED) is 0.686. The number of hydrogen-bond donors (Lipinski definition) is 2. The first kappa shape index (κ1) is 18.2. The highest BCUT2D eigenvalue weighted by atomic mass is 16.5. The van der Waals surface area contributed by atoms with E-state index >= 15 is 0 Å². The van der Waals surface area contributed by atoms with E-state index < -0.39 is 0 Å². The summed E-state index contributed by atoms with van der Waals surface area (Å²) in [4.78, 5) is 23.5. The molecule has 136 valence electrons. The minimum Gasteiger partial charge on any atom is -0.457 e. The van der Waals surface area contributed by atoms with Gasteiger partial charge in [0.05, 0.1) is 0 Å².